The quantitative estimate of drug-likeness (QED) is 0.853. The summed E-state index contributed by atoms with van der Waals surface area (Å²) in [6.45, 7) is 4.08. The zero-order chi connectivity index (χ0) is 15.2. The molecule has 0 aliphatic heterocycles. The van der Waals surface area contributed by atoms with Crippen LogP contribution < -0.4 is 5.32 Å². The molecule has 1 atom stereocenters. The lowest BCUT2D eigenvalue weighted by Crippen LogP contribution is -2.15. The maximum Gasteiger partial charge on any atom is 0.249 e. The van der Waals surface area contributed by atoms with E-state index in [-0.39, 0.29) is 17.8 Å². The number of benzene rings is 1. The van der Waals surface area contributed by atoms with Crippen LogP contribution in [0.4, 0.5) is 10.2 Å². The summed E-state index contributed by atoms with van der Waals surface area (Å²) in [7, 11) is 0. The van der Waals surface area contributed by atoms with Crippen LogP contribution in [0.2, 0.25) is 0 Å². The standard InChI is InChI=1S/C16H18FN3O/c1-3-12(2)20-15(10-11-18-20)19-16(21)9-8-13-6-4-5-7-14(13)17/h4-12H,3H2,1-2H3,(H,19,21)/b9-8+. The van der Waals surface area contributed by atoms with Crippen molar-refractivity contribution in [3.05, 3.63) is 54.0 Å². The molecule has 1 aromatic heterocycles. The molecule has 2 rings (SSSR count). The number of rotatable bonds is 5. The monoisotopic (exact) mass is 287 g/mol. The Kier molecular flexibility index (Phi) is 4.87. The van der Waals surface area contributed by atoms with Gasteiger partial charge in [-0.3, -0.25) is 4.79 Å². The van der Waals surface area contributed by atoms with E-state index in [1.54, 1.807) is 35.1 Å². The Bertz CT molecular complexity index is 648. The van der Waals surface area contributed by atoms with Crippen molar-refractivity contribution in [1.82, 2.24) is 9.78 Å². The first-order valence-corrected chi connectivity index (χ1v) is 6.89. The summed E-state index contributed by atoms with van der Waals surface area (Å²) in [4.78, 5) is 11.9. The maximum atomic E-state index is 13.4. The van der Waals surface area contributed by atoms with Crippen molar-refractivity contribution in [2.45, 2.75) is 26.3 Å². The Labute approximate surface area is 123 Å². The van der Waals surface area contributed by atoms with Crippen molar-refractivity contribution < 1.29 is 9.18 Å². The van der Waals surface area contributed by atoms with Gasteiger partial charge in [-0.2, -0.15) is 5.10 Å². The summed E-state index contributed by atoms with van der Waals surface area (Å²) in [6.07, 6.45) is 5.32. The van der Waals surface area contributed by atoms with Gasteiger partial charge in [0.2, 0.25) is 5.91 Å². The van der Waals surface area contributed by atoms with Gasteiger partial charge in [-0.1, -0.05) is 25.1 Å². The molecule has 1 heterocycles. The molecule has 0 bridgehead atoms. The number of anilines is 1. The lowest BCUT2D eigenvalue weighted by molar-refractivity contribution is -0.111. The van der Waals surface area contributed by atoms with Crippen molar-refractivity contribution in [1.29, 1.82) is 0 Å². The van der Waals surface area contributed by atoms with E-state index in [1.807, 2.05) is 6.92 Å². The van der Waals surface area contributed by atoms with Gasteiger partial charge in [0.15, 0.2) is 0 Å². The Hall–Kier alpha value is -2.43. The van der Waals surface area contributed by atoms with Crippen molar-refractivity contribution in [3.8, 4) is 0 Å². The average Bonchev–Trinajstić information content (AvgIpc) is 2.93. The molecule has 0 fully saturated rings. The number of carbonyl (C=O) groups excluding carboxylic acids is 1. The Morgan fingerprint density at radius 1 is 1.43 bits per heavy atom. The summed E-state index contributed by atoms with van der Waals surface area (Å²) in [5.74, 6) is -0.0398. The summed E-state index contributed by atoms with van der Waals surface area (Å²) in [6, 6.07) is 8.24. The molecule has 110 valence electrons. The highest BCUT2D eigenvalue weighted by Gasteiger charge is 2.09. The van der Waals surface area contributed by atoms with Crippen LogP contribution in [0.15, 0.2) is 42.6 Å². The summed E-state index contributed by atoms with van der Waals surface area (Å²) < 4.78 is 15.2. The van der Waals surface area contributed by atoms with E-state index < -0.39 is 0 Å². The van der Waals surface area contributed by atoms with Crippen molar-refractivity contribution in [2.24, 2.45) is 0 Å². The molecule has 1 amide bonds. The maximum absolute atomic E-state index is 13.4. The van der Waals surface area contributed by atoms with Crippen LogP contribution >= 0.6 is 0 Å². The second-order valence-electron chi connectivity index (χ2n) is 4.76. The first kappa shape index (κ1) is 15.0. The number of nitrogens with one attached hydrogen (secondary N) is 1. The third-order valence-electron chi connectivity index (χ3n) is 3.25. The minimum atomic E-state index is -0.355. The van der Waals surface area contributed by atoms with Crippen molar-refractivity contribution in [3.63, 3.8) is 0 Å². The lowest BCUT2D eigenvalue weighted by Gasteiger charge is -2.13. The highest BCUT2D eigenvalue weighted by molar-refractivity contribution is 6.01. The molecule has 0 saturated carbocycles. The molecule has 1 aromatic carbocycles. The molecule has 4 nitrogen and oxygen atoms in total. The van der Waals surface area contributed by atoms with E-state index in [1.165, 1.54) is 18.2 Å². The zero-order valence-corrected chi connectivity index (χ0v) is 12.1. The topological polar surface area (TPSA) is 46.9 Å². The number of nitrogens with zero attached hydrogens (tertiary/aromatic N) is 2. The molecule has 2 aromatic rings. The van der Waals surface area contributed by atoms with Crippen LogP contribution in [0.25, 0.3) is 6.08 Å². The van der Waals surface area contributed by atoms with Gasteiger partial charge in [0.05, 0.1) is 12.2 Å². The second-order valence-corrected chi connectivity index (χ2v) is 4.76. The highest BCUT2D eigenvalue weighted by atomic mass is 19.1. The molecule has 0 aliphatic rings. The van der Waals surface area contributed by atoms with Crippen LogP contribution in [0.3, 0.4) is 0 Å². The average molecular weight is 287 g/mol. The second kappa shape index (κ2) is 6.83. The van der Waals surface area contributed by atoms with Gasteiger partial charge in [-0.05, 0) is 25.5 Å². The lowest BCUT2D eigenvalue weighted by atomic mass is 10.2. The Balaban J connectivity index is 2.06. The summed E-state index contributed by atoms with van der Waals surface area (Å²) in [5.41, 5.74) is 0.378. The van der Waals surface area contributed by atoms with E-state index in [4.69, 9.17) is 0 Å². The smallest absolute Gasteiger partial charge is 0.249 e. The largest absolute Gasteiger partial charge is 0.307 e. The summed E-state index contributed by atoms with van der Waals surface area (Å²) >= 11 is 0. The van der Waals surface area contributed by atoms with Gasteiger partial charge in [0.25, 0.3) is 0 Å². The molecule has 21 heavy (non-hydrogen) atoms. The first-order chi connectivity index (χ1) is 10.1. The normalized spacial score (nSPS) is 12.5. The molecule has 5 heteroatoms. The molecule has 1 unspecified atom stereocenters. The van der Waals surface area contributed by atoms with Gasteiger partial charge in [-0.15, -0.1) is 0 Å². The van der Waals surface area contributed by atoms with Crippen LogP contribution in [0.5, 0.6) is 0 Å². The van der Waals surface area contributed by atoms with Crippen LogP contribution in [-0.4, -0.2) is 15.7 Å². The fraction of sp³-hybridized carbons (Fsp3) is 0.250. The van der Waals surface area contributed by atoms with Gasteiger partial charge in [0, 0.05) is 17.7 Å². The van der Waals surface area contributed by atoms with E-state index in [9.17, 15) is 9.18 Å². The van der Waals surface area contributed by atoms with Gasteiger partial charge in [-0.25, -0.2) is 9.07 Å². The number of hydrogen-bond donors (Lipinski definition) is 1. The van der Waals surface area contributed by atoms with Crippen LogP contribution in [0.1, 0.15) is 31.9 Å². The third-order valence-corrected chi connectivity index (χ3v) is 3.25. The van der Waals surface area contributed by atoms with E-state index in [2.05, 4.69) is 17.3 Å². The zero-order valence-electron chi connectivity index (χ0n) is 12.1. The predicted molar refractivity (Wildman–Crippen MR) is 81.3 cm³/mol. The SMILES string of the molecule is CCC(C)n1nccc1NC(=O)/C=C/c1ccccc1F. The number of carbonyl (C=O) groups is 1. The minimum Gasteiger partial charge on any atom is -0.307 e. The summed E-state index contributed by atoms with van der Waals surface area (Å²) in [5, 5.41) is 6.94. The minimum absolute atomic E-state index is 0.200. The Morgan fingerprint density at radius 3 is 2.90 bits per heavy atom. The number of halogens is 1. The molecular weight excluding hydrogens is 269 g/mol. The van der Waals surface area contributed by atoms with E-state index in [0.29, 0.717) is 11.4 Å². The van der Waals surface area contributed by atoms with Crippen molar-refractivity contribution in [2.75, 3.05) is 5.32 Å². The Morgan fingerprint density at radius 2 is 2.19 bits per heavy atom. The third kappa shape index (κ3) is 3.78. The van der Waals surface area contributed by atoms with Crippen LogP contribution in [-0.2, 0) is 4.79 Å². The number of aromatic nitrogens is 2. The molecule has 0 saturated heterocycles. The van der Waals surface area contributed by atoms with Crippen molar-refractivity contribution >= 4 is 17.8 Å². The molecule has 0 radical (unpaired) electrons. The molecule has 0 spiro atoms. The van der Waals surface area contributed by atoms with Gasteiger partial charge >= 0.3 is 0 Å². The highest BCUT2D eigenvalue weighted by Crippen LogP contribution is 2.16. The first-order valence-electron chi connectivity index (χ1n) is 6.89. The van der Waals surface area contributed by atoms with Gasteiger partial charge < -0.3 is 5.32 Å². The van der Waals surface area contributed by atoms with Gasteiger partial charge in [0.1, 0.15) is 11.6 Å². The van der Waals surface area contributed by atoms with E-state index >= 15 is 0 Å². The number of amides is 1. The molecular formula is C16H18FN3O. The number of hydrogen-bond acceptors (Lipinski definition) is 2. The van der Waals surface area contributed by atoms with Crippen LogP contribution in [0, 0.1) is 5.82 Å². The molecule has 1 N–H and O–H groups in total. The fourth-order valence-corrected chi connectivity index (χ4v) is 1.88. The fourth-order valence-electron chi connectivity index (χ4n) is 1.88. The molecule has 0 aliphatic carbocycles. The predicted octanol–water partition coefficient (Wildman–Crippen LogP) is 3.65. The van der Waals surface area contributed by atoms with E-state index in [0.717, 1.165) is 6.42 Å².